The SMILES string of the molecule is CCCCOCCC(C)(CBr)CBr. The van der Waals surface area contributed by atoms with E-state index in [-0.39, 0.29) is 0 Å². The lowest BCUT2D eigenvalue weighted by Gasteiger charge is -2.24. The molecule has 0 aromatic rings. The summed E-state index contributed by atoms with van der Waals surface area (Å²) in [6, 6.07) is 0. The van der Waals surface area contributed by atoms with Gasteiger partial charge in [0.15, 0.2) is 0 Å². The van der Waals surface area contributed by atoms with Crippen LogP contribution in [0.3, 0.4) is 0 Å². The number of hydrogen-bond acceptors (Lipinski definition) is 1. The zero-order valence-electron chi connectivity index (χ0n) is 8.61. The van der Waals surface area contributed by atoms with Gasteiger partial charge < -0.3 is 4.74 Å². The van der Waals surface area contributed by atoms with Crippen molar-refractivity contribution in [2.75, 3.05) is 23.9 Å². The minimum atomic E-state index is 0.339. The van der Waals surface area contributed by atoms with E-state index in [1.807, 2.05) is 0 Å². The van der Waals surface area contributed by atoms with Crippen LogP contribution in [0.4, 0.5) is 0 Å². The second-order valence-corrected chi connectivity index (χ2v) is 4.92. The van der Waals surface area contributed by atoms with Crippen LogP contribution in [0.15, 0.2) is 0 Å². The molecule has 0 aromatic carbocycles. The summed E-state index contributed by atoms with van der Waals surface area (Å²) >= 11 is 7.06. The van der Waals surface area contributed by atoms with E-state index in [1.54, 1.807) is 0 Å². The first kappa shape index (κ1) is 13.9. The molecule has 80 valence electrons. The van der Waals surface area contributed by atoms with Crippen LogP contribution in [0.5, 0.6) is 0 Å². The number of halogens is 2. The largest absolute Gasteiger partial charge is 0.381 e. The van der Waals surface area contributed by atoms with Gasteiger partial charge in [-0.2, -0.15) is 0 Å². The van der Waals surface area contributed by atoms with Gasteiger partial charge in [0.1, 0.15) is 0 Å². The second kappa shape index (κ2) is 8.25. The van der Waals surface area contributed by atoms with Gasteiger partial charge in [0.25, 0.3) is 0 Å². The Bertz CT molecular complexity index is 113. The zero-order chi connectivity index (χ0) is 10.2. The fourth-order valence-corrected chi connectivity index (χ4v) is 2.33. The summed E-state index contributed by atoms with van der Waals surface area (Å²) in [4.78, 5) is 0. The summed E-state index contributed by atoms with van der Waals surface area (Å²) in [5.41, 5.74) is 0.339. The molecule has 0 bridgehead atoms. The van der Waals surface area contributed by atoms with Crippen molar-refractivity contribution < 1.29 is 4.74 Å². The van der Waals surface area contributed by atoms with E-state index < -0.39 is 0 Å². The minimum absolute atomic E-state index is 0.339. The van der Waals surface area contributed by atoms with Gasteiger partial charge in [-0.15, -0.1) is 0 Å². The molecule has 1 nitrogen and oxygen atoms in total. The van der Waals surface area contributed by atoms with E-state index in [0.29, 0.717) is 5.41 Å². The van der Waals surface area contributed by atoms with Gasteiger partial charge >= 0.3 is 0 Å². The van der Waals surface area contributed by atoms with E-state index >= 15 is 0 Å². The number of rotatable bonds is 8. The molecule has 0 heterocycles. The molecule has 0 aromatic heterocycles. The molecule has 0 aliphatic heterocycles. The summed E-state index contributed by atoms with van der Waals surface area (Å²) in [5.74, 6) is 0. The highest BCUT2D eigenvalue weighted by Gasteiger charge is 2.20. The Morgan fingerprint density at radius 3 is 2.23 bits per heavy atom. The third-order valence-corrected chi connectivity index (χ3v) is 4.84. The molecule has 3 heteroatoms. The number of alkyl halides is 2. The minimum Gasteiger partial charge on any atom is -0.381 e. The second-order valence-electron chi connectivity index (χ2n) is 3.79. The van der Waals surface area contributed by atoms with Crippen molar-refractivity contribution in [3.8, 4) is 0 Å². The smallest absolute Gasteiger partial charge is 0.0471 e. The van der Waals surface area contributed by atoms with Crippen LogP contribution < -0.4 is 0 Å². The van der Waals surface area contributed by atoms with Crippen molar-refractivity contribution >= 4 is 31.9 Å². The average Bonchev–Trinajstić information content (AvgIpc) is 2.17. The van der Waals surface area contributed by atoms with Crippen LogP contribution in [-0.4, -0.2) is 23.9 Å². The molecule has 0 aliphatic rings. The highest BCUT2D eigenvalue weighted by atomic mass is 79.9. The van der Waals surface area contributed by atoms with Gasteiger partial charge in [0.2, 0.25) is 0 Å². The Kier molecular flexibility index (Phi) is 8.83. The predicted octanol–water partition coefficient (Wildman–Crippen LogP) is 3.99. The van der Waals surface area contributed by atoms with Crippen molar-refractivity contribution in [2.45, 2.75) is 33.1 Å². The average molecular weight is 316 g/mol. The fraction of sp³-hybridized carbons (Fsp3) is 1.00. The highest BCUT2D eigenvalue weighted by Crippen LogP contribution is 2.26. The Hall–Kier alpha value is 0.920. The summed E-state index contributed by atoms with van der Waals surface area (Å²) in [7, 11) is 0. The van der Waals surface area contributed by atoms with Gasteiger partial charge in [0.05, 0.1) is 0 Å². The van der Waals surface area contributed by atoms with Crippen LogP contribution in [-0.2, 0) is 4.74 Å². The van der Waals surface area contributed by atoms with Crippen molar-refractivity contribution in [1.29, 1.82) is 0 Å². The quantitative estimate of drug-likeness (QED) is 0.486. The predicted molar refractivity (Wildman–Crippen MR) is 66.0 cm³/mol. The van der Waals surface area contributed by atoms with Crippen molar-refractivity contribution in [2.24, 2.45) is 5.41 Å². The molecule has 0 saturated carbocycles. The lowest BCUT2D eigenvalue weighted by Crippen LogP contribution is -2.22. The Morgan fingerprint density at radius 2 is 1.77 bits per heavy atom. The molecule has 0 spiro atoms. The first-order chi connectivity index (χ1) is 6.18. The van der Waals surface area contributed by atoms with E-state index in [0.717, 1.165) is 30.3 Å². The topological polar surface area (TPSA) is 9.23 Å². The van der Waals surface area contributed by atoms with E-state index in [1.165, 1.54) is 12.8 Å². The molecule has 13 heavy (non-hydrogen) atoms. The molecule has 0 radical (unpaired) electrons. The van der Waals surface area contributed by atoms with Crippen LogP contribution in [0.2, 0.25) is 0 Å². The lowest BCUT2D eigenvalue weighted by atomic mass is 9.93. The van der Waals surface area contributed by atoms with Gasteiger partial charge in [-0.1, -0.05) is 52.1 Å². The maximum atomic E-state index is 5.53. The molecule has 0 fully saturated rings. The molecule has 0 rings (SSSR count). The van der Waals surface area contributed by atoms with Gasteiger partial charge in [-0.3, -0.25) is 0 Å². The molecular weight excluding hydrogens is 296 g/mol. The fourth-order valence-electron chi connectivity index (χ4n) is 0.836. The molecule has 0 aliphatic carbocycles. The molecule has 0 saturated heterocycles. The van der Waals surface area contributed by atoms with E-state index in [4.69, 9.17) is 4.74 Å². The summed E-state index contributed by atoms with van der Waals surface area (Å²) in [6.07, 6.45) is 3.51. The highest BCUT2D eigenvalue weighted by molar-refractivity contribution is 9.09. The maximum absolute atomic E-state index is 5.53. The van der Waals surface area contributed by atoms with Crippen LogP contribution in [0.25, 0.3) is 0 Å². The van der Waals surface area contributed by atoms with E-state index in [9.17, 15) is 0 Å². The summed E-state index contributed by atoms with van der Waals surface area (Å²) in [5, 5.41) is 2.06. The number of hydrogen-bond donors (Lipinski definition) is 0. The Morgan fingerprint density at radius 1 is 1.15 bits per heavy atom. The standard InChI is InChI=1S/C10H20Br2O/c1-3-4-6-13-7-5-10(2,8-11)9-12/h3-9H2,1-2H3. The Balaban J connectivity index is 3.39. The van der Waals surface area contributed by atoms with Gasteiger partial charge in [0, 0.05) is 23.9 Å². The van der Waals surface area contributed by atoms with E-state index in [2.05, 4.69) is 45.7 Å². The Labute approximate surface area is 98.9 Å². The zero-order valence-corrected chi connectivity index (χ0v) is 11.8. The van der Waals surface area contributed by atoms with Crippen LogP contribution in [0, 0.1) is 5.41 Å². The van der Waals surface area contributed by atoms with Crippen LogP contribution in [0.1, 0.15) is 33.1 Å². The van der Waals surface area contributed by atoms with Crippen molar-refractivity contribution in [3.05, 3.63) is 0 Å². The third-order valence-electron chi connectivity index (χ3n) is 2.14. The molecule has 0 atom stereocenters. The normalized spacial score (nSPS) is 12.0. The van der Waals surface area contributed by atoms with Gasteiger partial charge in [-0.05, 0) is 18.3 Å². The van der Waals surface area contributed by atoms with Crippen molar-refractivity contribution in [1.82, 2.24) is 0 Å². The maximum Gasteiger partial charge on any atom is 0.0471 e. The number of unbranched alkanes of at least 4 members (excludes halogenated alkanes) is 1. The molecule has 0 amide bonds. The van der Waals surface area contributed by atoms with Crippen LogP contribution >= 0.6 is 31.9 Å². The third kappa shape index (κ3) is 6.92. The summed E-state index contributed by atoms with van der Waals surface area (Å²) in [6.45, 7) is 6.25. The lowest BCUT2D eigenvalue weighted by molar-refractivity contribution is 0.108. The number of ether oxygens (including phenoxy) is 1. The van der Waals surface area contributed by atoms with Gasteiger partial charge in [-0.25, -0.2) is 0 Å². The summed E-state index contributed by atoms with van der Waals surface area (Å²) < 4.78 is 5.53. The monoisotopic (exact) mass is 314 g/mol. The molecular formula is C10H20Br2O. The first-order valence-corrected chi connectivity index (χ1v) is 7.12. The van der Waals surface area contributed by atoms with Crippen molar-refractivity contribution in [3.63, 3.8) is 0 Å². The molecule has 0 unspecified atom stereocenters. The first-order valence-electron chi connectivity index (χ1n) is 4.88. The molecule has 0 N–H and O–H groups in total.